The van der Waals surface area contributed by atoms with Crippen LogP contribution in [0.3, 0.4) is 0 Å². The van der Waals surface area contributed by atoms with Gasteiger partial charge in [-0.15, -0.1) is 0 Å². The summed E-state index contributed by atoms with van der Waals surface area (Å²) in [7, 11) is 0. The molecule has 0 fully saturated rings. The molecule has 0 aliphatic rings. The van der Waals surface area contributed by atoms with Gasteiger partial charge in [0.15, 0.2) is 5.76 Å². The zero-order valence-electron chi connectivity index (χ0n) is 13.4. The zero-order chi connectivity index (χ0) is 18.7. The van der Waals surface area contributed by atoms with E-state index in [1.807, 2.05) is 0 Å². The van der Waals surface area contributed by atoms with Crippen molar-refractivity contribution in [3.8, 4) is 17.1 Å². The van der Waals surface area contributed by atoms with E-state index in [2.05, 4.69) is 15.6 Å². The lowest BCUT2D eigenvalue weighted by atomic mass is 10.2. The van der Waals surface area contributed by atoms with Crippen LogP contribution in [0.15, 0.2) is 52.1 Å². The Labute approximate surface area is 152 Å². The highest BCUT2D eigenvalue weighted by Gasteiger charge is 2.18. The molecule has 3 rings (SSSR count). The second kappa shape index (κ2) is 7.19. The quantitative estimate of drug-likeness (QED) is 0.419. The van der Waals surface area contributed by atoms with Crippen LogP contribution in [-0.2, 0) is 4.79 Å². The normalized spacial score (nSPS) is 11.0. The lowest BCUT2D eigenvalue weighted by Crippen LogP contribution is -2.12. The predicted molar refractivity (Wildman–Crippen MR) is 94.3 cm³/mol. The van der Waals surface area contributed by atoms with Gasteiger partial charge in [0.2, 0.25) is 5.91 Å². The number of nitrogens with zero attached hydrogens (tertiary/aromatic N) is 4. The Balaban J connectivity index is 2.04. The number of benzene rings is 1. The fourth-order valence-electron chi connectivity index (χ4n) is 2.15. The minimum atomic E-state index is -0.634. The number of nitrogens with one attached hydrogen (secondary N) is 1. The number of furan rings is 1. The van der Waals surface area contributed by atoms with E-state index in [-0.39, 0.29) is 11.7 Å². The maximum absolute atomic E-state index is 11.0. The number of rotatable bonds is 5. The number of carbonyl (C=O) groups is 1. The van der Waals surface area contributed by atoms with Crippen molar-refractivity contribution in [1.82, 2.24) is 15.2 Å². The van der Waals surface area contributed by atoms with Gasteiger partial charge in [-0.2, -0.15) is 10.2 Å². The second-order valence-corrected chi connectivity index (χ2v) is 5.61. The van der Waals surface area contributed by atoms with E-state index in [1.54, 1.807) is 35.1 Å². The molecule has 0 radical (unpaired) electrons. The fraction of sp³-hybridized carbons (Fsp3) is 0.0625. The lowest BCUT2D eigenvalue weighted by Gasteiger charge is -2.00. The van der Waals surface area contributed by atoms with Crippen LogP contribution < -0.4 is 5.43 Å². The van der Waals surface area contributed by atoms with Gasteiger partial charge in [-0.25, -0.2) is 10.1 Å². The first-order valence-corrected chi connectivity index (χ1v) is 7.71. The highest BCUT2D eigenvalue weighted by atomic mass is 35.5. The number of hydrazone groups is 1. The van der Waals surface area contributed by atoms with E-state index in [0.29, 0.717) is 16.3 Å². The third-order valence-corrected chi connectivity index (χ3v) is 3.52. The summed E-state index contributed by atoms with van der Waals surface area (Å²) in [6.07, 6.45) is 3.03. The standard InChI is InChI=1S/C16H12ClN5O4/c1-10(23)19-18-8-11-9-21(13-4-2-12(17)3-5-13)20-16(11)14-6-7-15(26-14)22(24)25/h2-9H,1H3,(H,19,23)/b18-8+. The topological polar surface area (TPSA) is 116 Å². The molecule has 0 spiro atoms. The van der Waals surface area contributed by atoms with E-state index in [0.717, 1.165) is 5.69 Å². The molecule has 0 aliphatic heterocycles. The molecular weight excluding hydrogens is 362 g/mol. The molecule has 3 aromatic rings. The summed E-state index contributed by atoms with van der Waals surface area (Å²) in [4.78, 5) is 21.2. The number of hydrogen-bond donors (Lipinski definition) is 1. The second-order valence-electron chi connectivity index (χ2n) is 5.18. The van der Waals surface area contributed by atoms with Gasteiger partial charge in [-0.3, -0.25) is 14.9 Å². The van der Waals surface area contributed by atoms with Gasteiger partial charge in [0.05, 0.1) is 18.0 Å². The molecule has 0 unspecified atom stereocenters. The predicted octanol–water partition coefficient (Wildman–Crippen LogP) is 3.16. The van der Waals surface area contributed by atoms with Crippen LogP contribution in [0.25, 0.3) is 17.1 Å². The van der Waals surface area contributed by atoms with Gasteiger partial charge in [0.25, 0.3) is 0 Å². The zero-order valence-corrected chi connectivity index (χ0v) is 14.2. The van der Waals surface area contributed by atoms with Crippen molar-refractivity contribution in [2.75, 3.05) is 0 Å². The average molecular weight is 374 g/mol. The molecule has 2 heterocycles. The molecule has 2 aromatic heterocycles. The molecule has 0 aliphatic carbocycles. The highest BCUT2D eigenvalue weighted by Crippen LogP contribution is 2.28. The summed E-state index contributed by atoms with van der Waals surface area (Å²) in [5, 5.41) is 19.6. The molecular formula is C16H12ClN5O4. The van der Waals surface area contributed by atoms with Crippen molar-refractivity contribution in [3.05, 3.63) is 63.3 Å². The van der Waals surface area contributed by atoms with E-state index in [1.165, 1.54) is 25.3 Å². The Bertz CT molecular complexity index is 990. The van der Waals surface area contributed by atoms with E-state index < -0.39 is 10.8 Å². The summed E-state index contributed by atoms with van der Waals surface area (Å²) < 4.78 is 6.77. The van der Waals surface area contributed by atoms with Gasteiger partial charge in [0, 0.05) is 23.7 Å². The molecule has 0 bridgehead atoms. The average Bonchev–Trinajstić information content (AvgIpc) is 3.22. The van der Waals surface area contributed by atoms with Crippen LogP contribution in [0.2, 0.25) is 5.02 Å². The summed E-state index contributed by atoms with van der Waals surface area (Å²) in [6, 6.07) is 9.63. The molecule has 132 valence electrons. The Kier molecular flexibility index (Phi) is 4.81. The SMILES string of the molecule is CC(=O)N/N=C/c1cn(-c2ccc(Cl)cc2)nc1-c1ccc([N+](=O)[O-])o1. The van der Waals surface area contributed by atoms with Crippen LogP contribution in [-0.4, -0.2) is 26.8 Å². The van der Waals surface area contributed by atoms with Crippen molar-refractivity contribution in [1.29, 1.82) is 0 Å². The Hall–Kier alpha value is -3.46. The maximum atomic E-state index is 11.0. The Morgan fingerprint density at radius 2 is 2.08 bits per heavy atom. The highest BCUT2D eigenvalue weighted by molar-refractivity contribution is 6.30. The number of aromatic nitrogens is 2. The number of hydrogen-bond acceptors (Lipinski definition) is 6. The van der Waals surface area contributed by atoms with E-state index in [9.17, 15) is 14.9 Å². The number of nitro groups is 1. The van der Waals surface area contributed by atoms with Crippen molar-refractivity contribution >= 4 is 29.6 Å². The number of halogens is 1. The first kappa shape index (κ1) is 17.4. The first-order chi connectivity index (χ1) is 12.4. The molecule has 9 nitrogen and oxygen atoms in total. The van der Waals surface area contributed by atoms with Crippen molar-refractivity contribution in [2.45, 2.75) is 6.92 Å². The molecule has 0 saturated heterocycles. The molecule has 1 amide bonds. The van der Waals surface area contributed by atoms with Gasteiger partial charge in [-0.1, -0.05) is 11.6 Å². The summed E-state index contributed by atoms with van der Waals surface area (Å²) in [5.74, 6) is -0.527. The van der Waals surface area contributed by atoms with Gasteiger partial charge in [-0.05, 0) is 30.3 Å². The first-order valence-electron chi connectivity index (χ1n) is 7.34. The smallest absolute Gasteiger partial charge is 0.399 e. The molecule has 0 atom stereocenters. The fourth-order valence-corrected chi connectivity index (χ4v) is 2.27. The monoisotopic (exact) mass is 373 g/mol. The molecule has 0 saturated carbocycles. The van der Waals surface area contributed by atoms with Gasteiger partial charge in [0.1, 0.15) is 10.6 Å². The van der Waals surface area contributed by atoms with Crippen LogP contribution in [0.1, 0.15) is 12.5 Å². The molecule has 26 heavy (non-hydrogen) atoms. The maximum Gasteiger partial charge on any atom is 0.433 e. The van der Waals surface area contributed by atoms with Crippen LogP contribution in [0.5, 0.6) is 0 Å². The molecule has 1 aromatic carbocycles. The minimum Gasteiger partial charge on any atom is -0.399 e. The summed E-state index contributed by atoms with van der Waals surface area (Å²) in [5.41, 5.74) is 3.84. The van der Waals surface area contributed by atoms with Crippen LogP contribution in [0, 0.1) is 10.1 Å². The third-order valence-electron chi connectivity index (χ3n) is 3.26. The van der Waals surface area contributed by atoms with Crippen molar-refractivity contribution < 1.29 is 14.1 Å². The minimum absolute atomic E-state index is 0.202. The Morgan fingerprint density at radius 1 is 1.35 bits per heavy atom. The van der Waals surface area contributed by atoms with Crippen molar-refractivity contribution in [2.24, 2.45) is 5.10 Å². The third kappa shape index (κ3) is 3.78. The lowest BCUT2D eigenvalue weighted by molar-refractivity contribution is -0.401. The largest absolute Gasteiger partial charge is 0.433 e. The molecule has 1 N–H and O–H groups in total. The van der Waals surface area contributed by atoms with Gasteiger partial charge >= 0.3 is 5.88 Å². The summed E-state index contributed by atoms with van der Waals surface area (Å²) in [6.45, 7) is 1.32. The van der Waals surface area contributed by atoms with E-state index in [4.69, 9.17) is 16.0 Å². The van der Waals surface area contributed by atoms with E-state index >= 15 is 0 Å². The number of amides is 1. The van der Waals surface area contributed by atoms with Crippen LogP contribution >= 0.6 is 11.6 Å². The Morgan fingerprint density at radius 3 is 2.69 bits per heavy atom. The van der Waals surface area contributed by atoms with Crippen molar-refractivity contribution in [3.63, 3.8) is 0 Å². The molecule has 10 heteroatoms. The van der Waals surface area contributed by atoms with Crippen LogP contribution in [0.4, 0.5) is 5.88 Å². The number of carbonyl (C=O) groups excluding carboxylic acids is 1. The summed E-state index contributed by atoms with van der Waals surface area (Å²) >= 11 is 5.89. The van der Waals surface area contributed by atoms with Gasteiger partial charge < -0.3 is 4.42 Å².